The van der Waals surface area contributed by atoms with E-state index in [0.29, 0.717) is 17.9 Å². The van der Waals surface area contributed by atoms with Gasteiger partial charge in [0, 0.05) is 11.1 Å². The molecule has 6 heteroatoms. The van der Waals surface area contributed by atoms with Gasteiger partial charge in [0.05, 0.1) is 7.11 Å². The lowest BCUT2D eigenvalue weighted by Gasteiger charge is -2.23. The monoisotopic (exact) mass is 480 g/mol. The van der Waals surface area contributed by atoms with Crippen LogP contribution in [0.15, 0.2) is 66.7 Å². The number of carbonyl (C=O) groups is 1. The third kappa shape index (κ3) is 7.15. The van der Waals surface area contributed by atoms with Gasteiger partial charge in [0.2, 0.25) is 0 Å². The first-order chi connectivity index (χ1) is 16.6. The summed E-state index contributed by atoms with van der Waals surface area (Å²) in [6.45, 7) is 5.86. The summed E-state index contributed by atoms with van der Waals surface area (Å²) in [5.74, 6) is 1.27. The molecule has 0 heterocycles. The second-order valence-electron chi connectivity index (χ2n) is 9.21. The molecule has 0 fully saturated rings. The number of methoxy groups -OCH3 is 1. The Morgan fingerprint density at radius 2 is 1.69 bits per heavy atom. The Kier molecular flexibility index (Phi) is 8.28. The molecule has 0 N–H and O–H groups in total. The third-order valence-corrected chi connectivity index (χ3v) is 5.42. The minimum atomic E-state index is -2.91. The van der Waals surface area contributed by atoms with Crippen LogP contribution in [-0.2, 0) is 12.0 Å². The van der Waals surface area contributed by atoms with Crippen molar-refractivity contribution in [3.8, 4) is 17.2 Å². The zero-order valence-corrected chi connectivity index (χ0v) is 20.6. The molecular weight excluding hydrogens is 450 g/mol. The van der Waals surface area contributed by atoms with Gasteiger partial charge < -0.3 is 14.2 Å². The summed E-state index contributed by atoms with van der Waals surface area (Å²) < 4.78 is 40.6. The van der Waals surface area contributed by atoms with Gasteiger partial charge in [0.1, 0.15) is 23.9 Å². The molecule has 0 atom stereocenters. The van der Waals surface area contributed by atoms with Gasteiger partial charge in [0.15, 0.2) is 5.78 Å². The number of carbonyl (C=O) groups excluding carboxylic acids is 1. The summed E-state index contributed by atoms with van der Waals surface area (Å²) >= 11 is 0. The summed E-state index contributed by atoms with van der Waals surface area (Å²) in [5, 5.41) is 0. The lowest BCUT2D eigenvalue weighted by molar-refractivity contribution is -0.0498. The Bertz CT molecular complexity index is 1190. The van der Waals surface area contributed by atoms with E-state index in [2.05, 4.69) is 37.6 Å². The Morgan fingerprint density at radius 1 is 0.971 bits per heavy atom. The van der Waals surface area contributed by atoms with Gasteiger partial charge in [-0.2, -0.15) is 8.78 Å². The maximum atomic E-state index is 12.5. The van der Waals surface area contributed by atoms with Crippen LogP contribution in [-0.4, -0.2) is 19.5 Å². The Balaban J connectivity index is 1.76. The van der Waals surface area contributed by atoms with Crippen molar-refractivity contribution in [3.63, 3.8) is 0 Å². The Hall–Kier alpha value is -3.67. The number of rotatable bonds is 9. The van der Waals surface area contributed by atoms with Crippen molar-refractivity contribution in [1.82, 2.24) is 0 Å². The molecule has 0 saturated carbocycles. The molecule has 35 heavy (non-hydrogen) atoms. The fourth-order valence-corrected chi connectivity index (χ4v) is 3.61. The van der Waals surface area contributed by atoms with E-state index >= 15 is 0 Å². The van der Waals surface area contributed by atoms with Crippen molar-refractivity contribution in [3.05, 3.63) is 94.6 Å². The molecule has 0 aliphatic heterocycles. The average Bonchev–Trinajstić information content (AvgIpc) is 2.80. The molecule has 0 spiro atoms. The van der Waals surface area contributed by atoms with Crippen LogP contribution >= 0.6 is 0 Å². The predicted octanol–water partition coefficient (Wildman–Crippen LogP) is 7.38. The quantitative estimate of drug-likeness (QED) is 0.237. The van der Waals surface area contributed by atoms with E-state index in [4.69, 9.17) is 9.47 Å². The van der Waals surface area contributed by atoms with Gasteiger partial charge in [-0.15, -0.1) is 0 Å². The molecule has 0 aliphatic rings. The molecule has 4 nitrogen and oxygen atoms in total. The highest BCUT2D eigenvalue weighted by Crippen LogP contribution is 2.33. The van der Waals surface area contributed by atoms with Crippen molar-refractivity contribution in [1.29, 1.82) is 0 Å². The van der Waals surface area contributed by atoms with Crippen molar-refractivity contribution in [2.24, 2.45) is 0 Å². The van der Waals surface area contributed by atoms with Crippen LogP contribution in [0.2, 0.25) is 0 Å². The number of ether oxygens (including phenoxy) is 3. The Labute approximate surface area is 205 Å². The topological polar surface area (TPSA) is 44.8 Å². The minimum absolute atomic E-state index is 0.00329. The van der Waals surface area contributed by atoms with Crippen molar-refractivity contribution in [2.45, 2.75) is 46.3 Å². The van der Waals surface area contributed by atoms with Crippen LogP contribution in [0.1, 0.15) is 53.4 Å². The number of alkyl halides is 2. The second-order valence-corrected chi connectivity index (χ2v) is 9.21. The molecule has 3 aromatic rings. The summed E-state index contributed by atoms with van der Waals surface area (Å²) in [6, 6.07) is 17.4. The highest BCUT2D eigenvalue weighted by Gasteiger charge is 2.19. The number of hydrogen-bond donors (Lipinski definition) is 0. The first kappa shape index (κ1) is 25.9. The molecule has 0 bridgehead atoms. The number of hydrogen-bond acceptors (Lipinski definition) is 4. The van der Waals surface area contributed by atoms with Gasteiger partial charge in [-0.25, -0.2) is 0 Å². The minimum Gasteiger partial charge on any atom is -0.496 e. The molecule has 0 aromatic heterocycles. The fraction of sp³-hybridized carbons (Fsp3) is 0.276. The molecule has 3 rings (SSSR count). The normalized spacial score (nSPS) is 11.7. The Morgan fingerprint density at radius 3 is 2.31 bits per heavy atom. The first-order valence-corrected chi connectivity index (χ1v) is 11.2. The van der Waals surface area contributed by atoms with Crippen molar-refractivity contribution in [2.75, 3.05) is 7.11 Å². The molecular formula is C29H30F2O4. The van der Waals surface area contributed by atoms with E-state index < -0.39 is 6.61 Å². The van der Waals surface area contributed by atoms with Crippen LogP contribution in [0.3, 0.4) is 0 Å². The third-order valence-electron chi connectivity index (χ3n) is 5.42. The molecule has 184 valence electrons. The zero-order chi connectivity index (χ0) is 25.6. The SMILES string of the molecule is COc1ccc(/C=C/C(=O)c2ccc(OC(F)F)cc2)cc1COc1cc(C)ccc1C(C)(C)C. The number of ketones is 1. The largest absolute Gasteiger partial charge is 0.496 e. The molecule has 3 aromatic carbocycles. The molecule has 0 aliphatic carbocycles. The van der Waals surface area contributed by atoms with Crippen LogP contribution in [0.4, 0.5) is 8.78 Å². The van der Waals surface area contributed by atoms with Crippen molar-refractivity contribution >= 4 is 11.9 Å². The number of benzene rings is 3. The van der Waals surface area contributed by atoms with E-state index in [0.717, 1.165) is 28.0 Å². The summed E-state index contributed by atoms with van der Waals surface area (Å²) in [6.07, 6.45) is 3.13. The highest BCUT2D eigenvalue weighted by molar-refractivity contribution is 6.06. The number of allylic oxidation sites excluding steroid dienone is 1. The fourth-order valence-electron chi connectivity index (χ4n) is 3.61. The van der Waals surface area contributed by atoms with Crippen LogP contribution < -0.4 is 14.2 Å². The van der Waals surface area contributed by atoms with Gasteiger partial charge >= 0.3 is 6.61 Å². The number of aryl methyl sites for hydroxylation is 1. The maximum Gasteiger partial charge on any atom is 0.387 e. The summed E-state index contributed by atoms with van der Waals surface area (Å²) in [4.78, 5) is 12.5. The van der Waals surface area contributed by atoms with Gasteiger partial charge in [0.25, 0.3) is 0 Å². The predicted molar refractivity (Wildman–Crippen MR) is 134 cm³/mol. The number of halogens is 2. The van der Waals surface area contributed by atoms with Crippen LogP contribution in [0.25, 0.3) is 6.08 Å². The van der Waals surface area contributed by atoms with Gasteiger partial charge in [-0.1, -0.05) is 45.0 Å². The highest BCUT2D eigenvalue weighted by atomic mass is 19.3. The van der Waals surface area contributed by atoms with Gasteiger partial charge in [-0.3, -0.25) is 4.79 Å². The standard InChI is InChI=1S/C29H30F2O4/c1-19-6-13-24(29(2,3)4)27(16-19)34-18-22-17-20(8-15-26(22)33-5)7-14-25(32)21-9-11-23(12-10-21)35-28(30)31/h6-17,28H,18H2,1-5H3/b14-7+. The smallest absolute Gasteiger partial charge is 0.387 e. The maximum absolute atomic E-state index is 12.5. The molecule has 0 amide bonds. The van der Waals surface area contributed by atoms with E-state index in [1.807, 2.05) is 31.2 Å². The van der Waals surface area contributed by atoms with E-state index in [-0.39, 0.29) is 16.9 Å². The van der Waals surface area contributed by atoms with Crippen LogP contribution in [0, 0.1) is 6.92 Å². The lowest BCUT2D eigenvalue weighted by atomic mass is 9.86. The summed E-state index contributed by atoms with van der Waals surface area (Å²) in [5.41, 5.74) is 4.18. The lowest BCUT2D eigenvalue weighted by Crippen LogP contribution is -2.13. The molecule has 0 radical (unpaired) electrons. The first-order valence-electron chi connectivity index (χ1n) is 11.2. The average molecular weight is 481 g/mol. The van der Waals surface area contributed by atoms with Crippen molar-refractivity contribution < 1.29 is 27.8 Å². The van der Waals surface area contributed by atoms with E-state index in [1.54, 1.807) is 13.2 Å². The van der Waals surface area contributed by atoms with E-state index in [1.165, 1.54) is 30.3 Å². The molecule has 0 unspecified atom stereocenters. The van der Waals surface area contributed by atoms with Gasteiger partial charge in [-0.05, 0) is 77.6 Å². The molecule has 0 saturated heterocycles. The second kappa shape index (κ2) is 11.2. The van der Waals surface area contributed by atoms with Crippen LogP contribution in [0.5, 0.6) is 17.2 Å². The summed E-state index contributed by atoms with van der Waals surface area (Å²) in [7, 11) is 1.60. The van der Waals surface area contributed by atoms with E-state index in [9.17, 15) is 13.6 Å². The zero-order valence-electron chi connectivity index (χ0n) is 20.6.